The van der Waals surface area contributed by atoms with Crippen LogP contribution in [0.4, 0.5) is 11.4 Å². The van der Waals surface area contributed by atoms with Gasteiger partial charge in [0.1, 0.15) is 0 Å². The zero-order chi connectivity index (χ0) is 16.8. The largest absolute Gasteiger partial charge is 0.331 e. The summed E-state index contributed by atoms with van der Waals surface area (Å²) in [6, 6.07) is 12.2. The SMILES string of the molecule is Cc1cccc(NC(=S)N/N=C\c2ccccc2[N+](=O)[O-])c1C. The fourth-order valence-corrected chi connectivity index (χ4v) is 2.12. The van der Waals surface area contributed by atoms with Gasteiger partial charge in [-0.15, -0.1) is 0 Å². The van der Waals surface area contributed by atoms with E-state index >= 15 is 0 Å². The van der Waals surface area contributed by atoms with Crippen LogP contribution >= 0.6 is 12.2 Å². The van der Waals surface area contributed by atoms with Crippen LogP contribution in [0.2, 0.25) is 0 Å². The summed E-state index contributed by atoms with van der Waals surface area (Å²) in [5.41, 5.74) is 6.20. The summed E-state index contributed by atoms with van der Waals surface area (Å²) >= 11 is 5.17. The molecule has 0 spiro atoms. The summed E-state index contributed by atoms with van der Waals surface area (Å²) < 4.78 is 0. The maximum atomic E-state index is 10.9. The highest BCUT2D eigenvalue weighted by Crippen LogP contribution is 2.18. The molecule has 2 aromatic rings. The molecular formula is C16H16N4O2S. The van der Waals surface area contributed by atoms with E-state index in [0.29, 0.717) is 10.7 Å². The highest BCUT2D eigenvalue weighted by molar-refractivity contribution is 7.80. The van der Waals surface area contributed by atoms with Crippen LogP contribution in [0.5, 0.6) is 0 Å². The van der Waals surface area contributed by atoms with Gasteiger partial charge in [-0.05, 0) is 49.3 Å². The van der Waals surface area contributed by atoms with Crippen molar-refractivity contribution in [1.82, 2.24) is 5.43 Å². The summed E-state index contributed by atoms with van der Waals surface area (Å²) in [5, 5.41) is 18.2. The van der Waals surface area contributed by atoms with Crippen molar-refractivity contribution in [2.45, 2.75) is 13.8 Å². The molecule has 0 heterocycles. The van der Waals surface area contributed by atoms with E-state index in [1.165, 1.54) is 12.3 Å². The number of hydrogen-bond donors (Lipinski definition) is 2. The van der Waals surface area contributed by atoms with Crippen LogP contribution in [0.15, 0.2) is 47.6 Å². The molecular weight excluding hydrogens is 312 g/mol. The van der Waals surface area contributed by atoms with Crippen LogP contribution < -0.4 is 10.7 Å². The first-order valence-corrected chi connectivity index (χ1v) is 7.29. The molecule has 6 nitrogen and oxygen atoms in total. The molecule has 23 heavy (non-hydrogen) atoms. The zero-order valence-corrected chi connectivity index (χ0v) is 13.6. The van der Waals surface area contributed by atoms with Crippen LogP contribution in [-0.2, 0) is 0 Å². The highest BCUT2D eigenvalue weighted by atomic mass is 32.1. The Morgan fingerprint density at radius 1 is 1.22 bits per heavy atom. The second kappa shape index (κ2) is 7.46. The minimum atomic E-state index is -0.450. The van der Waals surface area contributed by atoms with Crippen LogP contribution in [0.1, 0.15) is 16.7 Å². The van der Waals surface area contributed by atoms with Gasteiger partial charge in [-0.25, -0.2) is 0 Å². The van der Waals surface area contributed by atoms with Gasteiger partial charge in [0, 0.05) is 11.8 Å². The Bertz CT molecular complexity index is 774. The Morgan fingerprint density at radius 2 is 1.96 bits per heavy atom. The predicted octanol–water partition coefficient (Wildman–Crippen LogP) is 3.53. The molecule has 2 rings (SSSR count). The first kappa shape index (κ1) is 16.6. The molecule has 2 N–H and O–H groups in total. The summed E-state index contributed by atoms with van der Waals surface area (Å²) in [4.78, 5) is 10.5. The van der Waals surface area contributed by atoms with Crippen LogP contribution in [0, 0.1) is 24.0 Å². The van der Waals surface area contributed by atoms with Crippen LogP contribution in [0.25, 0.3) is 0 Å². The lowest BCUT2D eigenvalue weighted by Crippen LogP contribution is -2.24. The van der Waals surface area contributed by atoms with Gasteiger partial charge in [-0.3, -0.25) is 15.5 Å². The topological polar surface area (TPSA) is 79.6 Å². The van der Waals surface area contributed by atoms with Crippen molar-refractivity contribution in [2.75, 3.05) is 5.32 Å². The van der Waals surface area contributed by atoms with Crippen molar-refractivity contribution in [1.29, 1.82) is 0 Å². The third-order valence-electron chi connectivity index (χ3n) is 3.36. The number of hydrogen-bond acceptors (Lipinski definition) is 4. The monoisotopic (exact) mass is 328 g/mol. The van der Waals surface area contributed by atoms with E-state index in [0.717, 1.165) is 16.8 Å². The molecule has 0 aliphatic heterocycles. The number of benzene rings is 2. The molecule has 118 valence electrons. The van der Waals surface area contributed by atoms with E-state index in [-0.39, 0.29) is 5.69 Å². The summed E-state index contributed by atoms with van der Waals surface area (Å²) in [6.07, 6.45) is 1.37. The second-order valence-electron chi connectivity index (χ2n) is 4.89. The third kappa shape index (κ3) is 4.33. The van der Waals surface area contributed by atoms with Gasteiger partial charge in [-0.2, -0.15) is 5.10 Å². The molecule has 0 fully saturated rings. The van der Waals surface area contributed by atoms with Gasteiger partial charge in [0.15, 0.2) is 5.11 Å². The number of nitro benzene ring substituents is 1. The summed E-state index contributed by atoms with van der Waals surface area (Å²) in [7, 11) is 0. The molecule has 0 aliphatic carbocycles. The molecule has 0 atom stereocenters. The average molecular weight is 328 g/mol. The van der Waals surface area contributed by atoms with E-state index in [1.54, 1.807) is 18.2 Å². The van der Waals surface area contributed by atoms with Crippen molar-refractivity contribution in [3.63, 3.8) is 0 Å². The highest BCUT2D eigenvalue weighted by Gasteiger charge is 2.09. The molecule has 0 amide bonds. The Labute approximate surface area is 139 Å². The molecule has 0 aromatic heterocycles. The molecule has 2 aromatic carbocycles. The van der Waals surface area contributed by atoms with E-state index in [4.69, 9.17) is 12.2 Å². The van der Waals surface area contributed by atoms with Gasteiger partial charge in [0.2, 0.25) is 0 Å². The second-order valence-corrected chi connectivity index (χ2v) is 5.30. The molecule has 0 saturated carbocycles. The number of aryl methyl sites for hydroxylation is 1. The molecule has 0 saturated heterocycles. The number of nitrogens with zero attached hydrogens (tertiary/aromatic N) is 2. The quantitative estimate of drug-likeness (QED) is 0.388. The van der Waals surface area contributed by atoms with Crippen LogP contribution in [-0.4, -0.2) is 16.3 Å². The van der Waals surface area contributed by atoms with Gasteiger partial charge in [0.05, 0.1) is 16.7 Å². The summed E-state index contributed by atoms with van der Waals surface area (Å²) in [6.45, 7) is 4.01. The number of thiocarbonyl (C=S) groups is 1. The van der Waals surface area contributed by atoms with E-state index in [2.05, 4.69) is 15.8 Å². The van der Waals surface area contributed by atoms with Gasteiger partial charge in [0.25, 0.3) is 5.69 Å². The Hall–Kier alpha value is -2.80. The lowest BCUT2D eigenvalue weighted by Gasteiger charge is -2.11. The number of para-hydroxylation sites is 1. The Kier molecular flexibility index (Phi) is 5.37. The summed E-state index contributed by atoms with van der Waals surface area (Å²) in [5.74, 6) is 0. The number of nitro groups is 1. The van der Waals surface area contributed by atoms with E-state index in [9.17, 15) is 10.1 Å². The van der Waals surface area contributed by atoms with Crippen molar-refractivity contribution >= 4 is 34.9 Å². The number of rotatable bonds is 4. The fraction of sp³-hybridized carbons (Fsp3) is 0.125. The lowest BCUT2D eigenvalue weighted by atomic mass is 10.1. The van der Waals surface area contributed by atoms with Crippen molar-refractivity contribution in [3.8, 4) is 0 Å². The lowest BCUT2D eigenvalue weighted by molar-refractivity contribution is -0.385. The van der Waals surface area contributed by atoms with Gasteiger partial charge >= 0.3 is 0 Å². The first-order chi connectivity index (χ1) is 11.0. The first-order valence-electron chi connectivity index (χ1n) is 6.88. The average Bonchev–Trinajstić information content (AvgIpc) is 2.52. The van der Waals surface area contributed by atoms with Crippen molar-refractivity contribution in [3.05, 3.63) is 69.3 Å². The third-order valence-corrected chi connectivity index (χ3v) is 3.55. The fourth-order valence-electron chi connectivity index (χ4n) is 1.96. The number of anilines is 1. The van der Waals surface area contributed by atoms with Crippen molar-refractivity contribution < 1.29 is 4.92 Å². The van der Waals surface area contributed by atoms with E-state index in [1.807, 2.05) is 32.0 Å². The van der Waals surface area contributed by atoms with E-state index < -0.39 is 4.92 Å². The normalized spacial score (nSPS) is 10.5. The smallest absolute Gasteiger partial charge is 0.278 e. The molecule has 0 aliphatic rings. The number of hydrazone groups is 1. The molecule has 0 unspecified atom stereocenters. The molecule has 0 bridgehead atoms. The van der Waals surface area contributed by atoms with Gasteiger partial charge in [-0.1, -0.05) is 24.3 Å². The standard InChI is InChI=1S/C16H16N4O2S/c1-11-6-5-8-14(12(11)2)18-16(23)19-17-10-13-7-3-4-9-15(13)20(21)22/h3-10H,1-2H3,(H2,18,19,23)/b17-10-. The van der Waals surface area contributed by atoms with Crippen LogP contribution in [0.3, 0.4) is 0 Å². The number of nitrogens with one attached hydrogen (secondary N) is 2. The molecule has 7 heteroatoms. The minimum absolute atomic E-state index is 0.00791. The zero-order valence-electron chi connectivity index (χ0n) is 12.7. The maximum Gasteiger partial charge on any atom is 0.278 e. The van der Waals surface area contributed by atoms with Crippen molar-refractivity contribution in [2.24, 2.45) is 5.10 Å². The minimum Gasteiger partial charge on any atom is -0.331 e. The Morgan fingerprint density at radius 3 is 2.70 bits per heavy atom. The van der Waals surface area contributed by atoms with Gasteiger partial charge < -0.3 is 5.32 Å². The Balaban J connectivity index is 2.02. The maximum absolute atomic E-state index is 10.9. The predicted molar refractivity (Wildman–Crippen MR) is 96.0 cm³/mol. The molecule has 0 radical (unpaired) electrons.